The van der Waals surface area contributed by atoms with Crippen molar-refractivity contribution in [1.29, 1.82) is 0 Å². The Hall–Kier alpha value is -2.01. The lowest BCUT2D eigenvalue weighted by Gasteiger charge is -2.36. The fourth-order valence-corrected chi connectivity index (χ4v) is 4.14. The van der Waals surface area contributed by atoms with E-state index in [0.717, 1.165) is 44.0 Å². The minimum atomic E-state index is 0.160. The molecular weight excluding hydrogens is 348 g/mol. The van der Waals surface area contributed by atoms with Gasteiger partial charge < -0.3 is 9.80 Å². The zero-order valence-electron chi connectivity index (χ0n) is 15.2. The van der Waals surface area contributed by atoms with Gasteiger partial charge in [0.15, 0.2) is 0 Å². The molecule has 0 unspecified atom stereocenters. The van der Waals surface area contributed by atoms with Crippen molar-refractivity contribution in [3.05, 3.63) is 46.2 Å². The SMILES string of the molecule is Cc1ccc(Cl)cc1N1CCN(C(=O)Cn2cc3c(n2)CCCC3)CC1. The summed E-state index contributed by atoms with van der Waals surface area (Å²) in [4.78, 5) is 16.9. The molecule has 1 fully saturated rings. The van der Waals surface area contributed by atoms with E-state index in [0.29, 0.717) is 6.54 Å². The lowest BCUT2D eigenvalue weighted by atomic mass is 9.99. The highest BCUT2D eigenvalue weighted by Crippen LogP contribution is 2.25. The van der Waals surface area contributed by atoms with Crippen LogP contribution >= 0.6 is 11.6 Å². The number of aromatic nitrogens is 2. The Labute approximate surface area is 159 Å². The standard InChI is InChI=1S/C20H25ClN4O/c1-15-6-7-17(21)12-19(15)23-8-10-24(11-9-23)20(26)14-25-13-16-4-2-3-5-18(16)22-25/h6-7,12-13H,2-5,8-11,14H2,1H3. The fraction of sp³-hybridized carbons (Fsp3) is 0.500. The van der Waals surface area contributed by atoms with Gasteiger partial charge in [0.05, 0.1) is 5.69 Å². The smallest absolute Gasteiger partial charge is 0.244 e. The molecule has 1 saturated heterocycles. The normalized spacial score (nSPS) is 17.3. The predicted molar refractivity (Wildman–Crippen MR) is 104 cm³/mol. The monoisotopic (exact) mass is 372 g/mol. The number of rotatable bonds is 3. The average Bonchev–Trinajstić information content (AvgIpc) is 3.06. The maximum atomic E-state index is 12.7. The number of fused-ring (bicyclic) bond motifs is 1. The van der Waals surface area contributed by atoms with Gasteiger partial charge in [0.25, 0.3) is 0 Å². The molecule has 4 rings (SSSR count). The van der Waals surface area contributed by atoms with E-state index in [2.05, 4.69) is 29.2 Å². The molecule has 0 N–H and O–H groups in total. The molecule has 0 radical (unpaired) electrons. The first-order valence-corrected chi connectivity index (χ1v) is 9.82. The van der Waals surface area contributed by atoms with Crippen molar-refractivity contribution in [2.24, 2.45) is 0 Å². The van der Waals surface area contributed by atoms with Crippen LogP contribution in [0.15, 0.2) is 24.4 Å². The van der Waals surface area contributed by atoms with E-state index in [1.54, 1.807) is 0 Å². The Kier molecular flexibility index (Phi) is 4.90. The van der Waals surface area contributed by atoms with E-state index in [1.165, 1.54) is 35.3 Å². The van der Waals surface area contributed by atoms with Gasteiger partial charge in [-0.05, 0) is 55.9 Å². The Balaban J connectivity index is 1.36. The zero-order valence-corrected chi connectivity index (χ0v) is 16.0. The van der Waals surface area contributed by atoms with Crippen LogP contribution in [0.2, 0.25) is 5.02 Å². The molecule has 2 aromatic rings. The minimum Gasteiger partial charge on any atom is -0.368 e. The van der Waals surface area contributed by atoms with E-state index in [4.69, 9.17) is 11.6 Å². The van der Waals surface area contributed by atoms with Gasteiger partial charge in [-0.2, -0.15) is 5.10 Å². The number of halogens is 1. The largest absolute Gasteiger partial charge is 0.368 e. The molecule has 1 aliphatic heterocycles. The highest BCUT2D eigenvalue weighted by Gasteiger charge is 2.23. The Morgan fingerprint density at radius 3 is 2.69 bits per heavy atom. The topological polar surface area (TPSA) is 41.4 Å². The first kappa shape index (κ1) is 17.4. The summed E-state index contributed by atoms with van der Waals surface area (Å²) in [5.74, 6) is 0.160. The average molecular weight is 373 g/mol. The number of hydrogen-bond acceptors (Lipinski definition) is 3. The predicted octanol–water partition coefficient (Wildman–Crippen LogP) is 3.07. The third-order valence-electron chi connectivity index (χ3n) is 5.48. The molecular formula is C20H25ClN4O. The summed E-state index contributed by atoms with van der Waals surface area (Å²) < 4.78 is 1.84. The summed E-state index contributed by atoms with van der Waals surface area (Å²) in [5, 5.41) is 5.37. The van der Waals surface area contributed by atoms with Crippen molar-refractivity contribution in [3.8, 4) is 0 Å². The molecule has 1 aromatic carbocycles. The van der Waals surface area contributed by atoms with Crippen LogP contribution in [0.3, 0.4) is 0 Å². The molecule has 6 heteroatoms. The third kappa shape index (κ3) is 3.58. The Morgan fingerprint density at radius 2 is 1.92 bits per heavy atom. The molecule has 2 aliphatic rings. The van der Waals surface area contributed by atoms with E-state index in [-0.39, 0.29) is 5.91 Å². The molecule has 1 amide bonds. The highest BCUT2D eigenvalue weighted by atomic mass is 35.5. The van der Waals surface area contributed by atoms with Crippen LogP contribution in [0.5, 0.6) is 0 Å². The highest BCUT2D eigenvalue weighted by molar-refractivity contribution is 6.30. The van der Waals surface area contributed by atoms with E-state index < -0.39 is 0 Å². The van der Waals surface area contributed by atoms with Crippen LogP contribution in [0.4, 0.5) is 5.69 Å². The third-order valence-corrected chi connectivity index (χ3v) is 5.71. The van der Waals surface area contributed by atoms with Gasteiger partial charge in [-0.25, -0.2) is 0 Å². The number of benzene rings is 1. The lowest BCUT2D eigenvalue weighted by molar-refractivity contribution is -0.132. The van der Waals surface area contributed by atoms with Crippen molar-refractivity contribution in [2.45, 2.75) is 39.2 Å². The number of aryl methyl sites for hydroxylation is 3. The lowest BCUT2D eigenvalue weighted by Crippen LogP contribution is -2.49. The van der Waals surface area contributed by atoms with Crippen LogP contribution in [0.1, 0.15) is 29.7 Å². The molecule has 0 atom stereocenters. The molecule has 2 heterocycles. The summed E-state index contributed by atoms with van der Waals surface area (Å²) in [6.07, 6.45) is 6.66. The number of carbonyl (C=O) groups is 1. The number of carbonyl (C=O) groups excluding carboxylic acids is 1. The van der Waals surface area contributed by atoms with Crippen LogP contribution in [-0.2, 0) is 24.2 Å². The summed E-state index contributed by atoms with van der Waals surface area (Å²) in [6, 6.07) is 5.99. The maximum Gasteiger partial charge on any atom is 0.244 e. The molecule has 1 aliphatic carbocycles. The summed E-state index contributed by atoms with van der Waals surface area (Å²) in [7, 11) is 0. The van der Waals surface area contributed by atoms with Crippen molar-refractivity contribution >= 4 is 23.2 Å². The van der Waals surface area contributed by atoms with Crippen LogP contribution in [-0.4, -0.2) is 46.8 Å². The van der Waals surface area contributed by atoms with Gasteiger partial charge in [-0.1, -0.05) is 17.7 Å². The van der Waals surface area contributed by atoms with E-state index >= 15 is 0 Å². The Bertz CT molecular complexity index is 785. The number of piperazine rings is 1. The minimum absolute atomic E-state index is 0.160. The van der Waals surface area contributed by atoms with Gasteiger partial charge in [0.1, 0.15) is 6.54 Å². The van der Waals surface area contributed by atoms with Crippen molar-refractivity contribution in [1.82, 2.24) is 14.7 Å². The van der Waals surface area contributed by atoms with Crippen molar-refractivity contribution < 1.29 is 4.79 Å². The van der Waals surface area contributed by atoms with Crippen molar-refractivity contribution in [3.63, 3.8) is 0 Å². The number of amides is 1. The van der Waals surface area contributed by atoms with Gasteiger partial charge >= 0.3 is 0 Å². The Morgan fingerprint density at radius 1 is 1.15 bits per heavy atom. The number of anilines is 1. The van der Waals surface area contributed by atoms with E-state index in [9.17, 15) is 4.79 Å². The first-order chi connectivity index (χ1) is 12.6. The fourth-order valence-electron chi connectivity index (χ4n) is 3.97. The summed E-state index contributed by atoms with van der Waals surface area (Å²) in [6.45, 7) is 5.61. The molecule has 5 nitrogen and oxygen atoms in total. The van der Waals surface area contributed by atoms with Crippen LogP contribution in [0.25, 0.3) is 0 Å². The maximum absolute atomic E-state index is 12.7. The van der Waals surface area contributed by atoms with Gasteiger partial charge in [0.2, 0.25) is 5.91 Å². The molecule has 1 aromatic heterocycles. The summed E-state index contributed by atoms with van der Waals surface area (Å²) >= 11 is 6.15. The quantitative estimate of drug-likeness (QED) is 0.831. The van der Waals surface area contributed by atoms with Crippen LogP contribution < -0.4 is 4.90 Å². The molecule has 0 spiro atoms. The van der Waals surface area contributed by atoms with Crippen LogP contribution in [0, 0.1) is 6.92 Å². The second kappa shape index (κ2) is 7.31. The number of nitrogens with zero attached hydrogens (tertiary/aromatic N) is 4. The molecule has 0 bridgehead atoms. The van der Waals surface area contributed by atoms with E-state index in [1.807, 2.05) is 21.7 Å². The first-order valence-electron chi connectivity index (χ1n) is 9.44. The second-order valence-electron chi connectivity index (χ2n) is 7.30. The second-order valence-corrected chi connectivity index (χ2v) is 7.74. The van der Waals surface area contributed by atoms with Gasteiger partial charge in [0, 0.05) is 43.1 Å². The molecule has 0 saturated carbocycles. The number of hydrogen-bond donors (Lipinski definition) is 0. The summed E-state index contributed by atoms with van der Waals surface area (Å²) in [5.41, 5.74) is 4.90. The molecule has 138 valence electrons. The van der Waals surface area contributed by atoms with Gasteiger partial charge in [-0.15, -0.1) is 0 Å². The zero-order chi connectivity index (χ0) is 18.1. The van der Waals surface area contributed by atoms with Crippen molar-refractivity contribution in [2.75, 3.05) is 31.1 Å². The molecule has 26 heavy (non-hydrogen) atoms. The van der Waals surface area contributed by atoms with Gasteiger partial charge in [-0.3, -0.25) is 9.48 Å².